The van der Waals surface area contributed by atoms with E-state index in [1.807, 2.05) is 72.6 Å². The van der Waals surface area contributed by atoms with Crippen molar-refractivity contribution >= 4 is 52.1 Å². The molecular weight excluding hydrogens is 602 g/mol. The van der Waals surface area contributed by atoms with Gasteiger partial charge in [-0.25, -0.2) is 0 Å². The van der Waals surface area contributed by atoms with Crippen LogP contribution in [0.15, 0.2) is 88.9 Å². The molecule has 0 saturated carbocycles. The maximum absolute atomic E-state index is 13.5. The third-order valence-corrected chi connectivity index (χ3v) is 9.38. The van der Waals surface area contributed by atoms with Crippen LogP contribution in [0.4, 0.5) is 0 Å². The number of unbranched alkanes of at least 4 members (excludes halogenated alkanes) is 1. The Kier molecular flexibility index (Phi) is 9.32. The predicted octanol–water partition coefficient (Wildman–Crippen LogP) is 4.77. The number of piperidine rings is 1. The van der Waals surface area contributed by atoms with Crippen LogP contribution in [-0.2, 0) is 14.4 Å². The van der Waals surface area contributed by atoms with Gasteiger partial charge in [0.2, 0.25) is 17.7 Å². The van der Waals surface area contributed by atoms with Crippen molar-refractivity contribution in [2.75, 3.05) is 25.9 Å². The molecule has 2 N–H and O–H groups in total. The fraction of sp³-hybridized carbons (Fsp3) is 0.286. The van der Waals surface area contributed by atoms with Gasteiger partial charge in [0.05, 0.1) is 12.1 Å². The Morgan fingerprint density at radius 2 is 2.00 bits per heavy atom. The fourth-order valence-electron chi connectivity index (χ4n) is 5.95. The number of amides is 4. The van der Waals surface area contributed by atoms with Gasteiger partial charge in [0.15, 0.2) is 0 Å². The summed E-state index contributed by atoms with van der Waals surface area (Å²) in [6.45, 7) is 5.05. The monoisotopic (exact) mass is 637 g/mol. The fourth-order valence-corrected chi connectivity index (χ4v) is 7.04. The highest BCUT2D eigenvalue weighted by Gasteiger charge is 2.42. The number of carbonyl (C=O) groups excluding carboxylic acids is 4. The number of nitrogens with zero attached hydrogens (tertiary/aromatic N) is 3. The average Bonchev–Trinajstić information content (AvgIpc) is 3.59. The number of furan rings is 1. The number of carbonyl (C=O) groups is 4. The molecule has 2 aromatic heterocycles. The summed E-state index contributed by atoms with van der Waals surface area (Å²) in [5.41, 5.74) is 3.37. The molecule has 4 heterocycles. The molecule has 6 rings (SSSR count). The van der Waals surface area contributed by atoms with Gasteiger partial charge in [-0.1, -0.05) is 43.0 Å². The van der Waals surface area contributed by atoms with Crippen molar-refractivity contribution in [2.45, 2.75) is 42.7 Å². The Hall–Kier alpha value is -4.74. The first-order valence-electron chi connectivity index (χ1n) is 15.3. The Morgan fingerprint density at radius 1 is 1.15 bits per heavy atom. The molecule has 2 unspecified atom stereocenters. The molecule has 4 amide bonds. The molecule has 1 fully saturated rings. The summed E-state index contributed by atoms with van der Waals surface area (Å²) in [7, 11) is 1.92. The number of hydrogen-bond acceptors (Lipinski definition) is 8. The van der Waals surface area contributed by atoms with Crippen molar-refractivity contribution in [1.82, 2.24) is 25.4 Å². The quantitative estimate of drug-likeness (QED) is 0.129. The van der Waals surface area contributed by atoms with Gasteiger partial charge in [-0.05, 0) is 62.9 Å². The number of hydrogen-bond donors (Lipinski definition) is 2. The topological polar surface area (TPSA) is 125 Å². The maximum Gasteiger partial charge on any atom is 0.260 e. The van der Waals surface area contributed by atoms with Gasteiger partial charge in [0.1, 0.15) is 23.4 Å². The Morgan fingerprint density at radius 3 is 2.78 bits per heavy atom. The largest absolute Gasteiger partial charge is 0.459 e. The first kappa shape index (κ1) is 31.3. The highest BCUT2D eigenvalue weighted by Crippen LogP contribution is 2.40. The van der Waals surface area contributed by atoms with Gasteiger partial charge in [-0.15, -0.1) is 11.8 Å². The number of benzene rings is 2. The Labute approximate surface area is 271 Å². The van der Waals surface area contributed by atoms with Crippen molar-refractivity contribution in [3.63, 3.8) is 0 Å². The van der Waals surface area contributed by atoms with E-state index >= 15 is 0 Å². The van der Waals surface area contributed by atoms with Gasteiger partial charge >= 0.3 is 0 Å². The summed E-state index contributed by atoms with van der Waals surface area (Å²) in [6.07, 6.45) is 5.64. The van der Waals surface area contributed by atoms with E-state index in [9.17, 15) is 19.2 Å². The second-order valence-corrected chi connectivity index (χ2v) is 12.7. The highest BCUT2D eigenvalue weighted by molar-refractivity contribution is 7.99. The summed E-state index contributed by atoms with van der Waals surface area (Å²) >= 11 is 1.59. The standard InChI is InChI=1S/C35H35N5O5S/c1-22-25-11-7-13-29(32(25)35(44)40(22)26-14-15-30(41)38-34(26)43)46-18-6-5-17-39(2)21-31(42)37-33(24-10-8-16-36-20-24)28-19-23-9-3-4-12-27(23)45-28/h3-4,7-13,16,19-20,26,33H,1,5-6,14-15,17-18,21H2,2H3,(H,37,42)(H,38,41,43). The van der Waals surface area contributed by atoms with E-state index in [0.29, 0.717) is 17.0 Å². The van der Waals surface area contributed by atoms with Crippen molar-refractivity contribution < 1.29 is 23.6 Å². The second-order valence-electron chi connectivity index (χ2n) is 11.5. The molecule has 0 aliphatic carbocycles. The van der Waals surface area contributed by atoms with Gasteiger partial charge in [0.25, 0.3) is 5.91 Å². The minimum atomic E-state index is -0.742. The summed E-state index contributed by atoms with van der Waals surface area (Å²) in [5.74, 6) is 0.268. The van der Waals surface area contributed by atoms with E-state index in [2.05, 4.69) is 22.2 Å². The van der Waals surface area contributed by atoms with E-state index in [-0.39, 0.29) is 37.1 Å². The molecule has 1 saturated heterocycles. The number of likely N-dealkylation sites (N-methyl/N-ethyl adjacent to an activating group) is 1. The van der Waals surface area contributed by atoms with Crippen LogP contribution in [0.25, 0.3) is 16.7 Å². The minimum Gasteiger partial charge on any atom is -0.459 e. The molecule has 4 aromatic rings. The molecule has 2 aliphatic heterocycles. The van der Waals surface area contributed by atoms with E-state index in [0.717, 1.165) is 52.1 Å². The first-order chi connectivity index (χ1) is 22.3. The van der Waals surface area contributed by atoms with E-state index < -0.39 is 18.0 Å². The molecule has 46 heavy (non-hydrogen) atoms. The number of fused-ring (bicyclic) bond motifs is 2. The molecule has 0 radical (unpaired) electrons. The zero-order valence-corrected chi connectivity index (χ0v) is 26.3. The Bertz CT molecular complexity index is 1770. The highest BCUT2D eigenvalue weighted by atomic mass is 32.2. The zero-order valence-electron chi connectivity index (χ0n) is 25.5. The van der Waals surface area contributed by atoms with E-state index in [1.54, 1.807) is 24.2 Å². The van der Waals surface area contributed by atoms with E-state index in [1.165, 1.54) is 4.90 Å². The van der Waals surface area contributed by atoms with Crippen LogP contribution >= 0.6 is 11.8 Å². The summed E-state index contributed by atoms with van der Waals surface area (Å²) in [6, 6.07) is 17.9. The molecule has 0 bridgehead atoms. The second kappa shape index (κ2) is 13.7. The first-order valence-corrected chi connectivity index (χ1v) is 16.3. The van der Waals surface area contributed by atoms with Crippen LogP contribution in [0, 0.1) is 0 Å². The zero-order chi connectivity index (χ0) is 32.2. The van der Waals surface area contributed by atoms with Crippen LogP contribution < -0.4 is 10.6 Å². The molecule has 236 valence electrons. The van der Waals surface area contributed by atoms with Crippen LogP contribution in [-0.4, -0.2) is 70.3 Å². The predicted molar refractivity (Wildman–Crippen MR) is 176 cm³/mol. The number of nitrogens with one attached hydrogen (secondary N) is 2. The van der Waals surface area contributed by atoms with Crippen LogP contribution in [0.3, 0.4) is 0 Å². The molecule has 2 aliphatic rings. The molecule has 0 spiro atoms. The number of para-hydroxylation sites is 1. The SMILES string of the molecule is C=C1c2cccc(SCCCCN(C)CC(=O)NC(c3cccnc3)c3cc4ccccc4o3)c2C(=O)N1C1CCC(=O)NC1=O. The van der Waals surface area contributed by atoms with Crippen molar-refractivity contribution in [2.24, 2.45) is 0 Å². The Balaban J connectivity index is 1.00. The van der Waals surface area contributed by atoms with Crippen LogP contribution in [0.2, 0.25) is 0 Å². The number of pyridine rings is 1. The van der Waals surface area contributed by atoms with Gasteiger partial charge < -0.3 is 9.73 Å². The van der Waals surface area contributed by atoms with E-state index in [4.69, 9.17) is 4.42 Å². The smallest absolute Gasteiger partial charge is 0.260 e. The number of imide groups is 1. The lowest BCUT2D eigenvalue weighted by Gasteiger charge is -2.30. The molecule has 10 nitrogen and oxygen atoms in total. The third-order valence-electron chi connectivity index (χ3n) is 8.24. The number of aromatic nitrogens is 1. The lowest BCUT2D eigenvalue weighted by atomic mass is 10.0. The van der Waals surface area contributed by atoms with Gasteiger partial charge in [-0.2, -0.15) is 0 Å². The molecule has 2 aromatic carbocycles. The van der Waals surface area contributed by atoms with Gasteiger partial charge in [0, 0.05) is 45.9 Å². The number of thioether (sulfide) groups is 1. The summed E-state index contributed by atoms with van der Waals surface area (Å²) < 4.78 is 6.09. The summed E-state index contributed by atoms with van der Waals surface area (Å²) in [5, 5.41) is 6.43. The minimum absolute atomic E-state index is 0.120. The van der Waals surface area contributed by atoms with Crippen molar-refractivity contribution in [3.8, 4) is 0 Å². The average molecular weight is 638 g/mol. The van der Waals surface area contributed by atoms with Crippen LogP contribution in [0.1, 0.15) is 59.0 Å². The number of rotatable bonds is 12. The summed E-state index contributed by atoms with van der Waals surface area (Å²) in [4.78, 5) is 59.2. The van der Waals surface area contributed by atoms with Crippen molar-refractivity contribution in [3.05, 3.63) is 102 Å². The lowest BCUT2D eigenvalue weighted by Crippen LogP contribution is -2.52. The normalized spacial score (nSPS) is 17.0. The van der Waals surface area contributed by atoms with Crippen LogP contribution in [0.5, 0.6) is 0 Å². The molecule has 11 heteroatoms. The van der Waals surface area contributed by atoms with Crippen molar-refractivity contribution in [1.29, 1.82) is 0 Å². The molecular formula is C35H35N5O5S. The molecule has 2 atom stereocenters. The van der Waals surface area contributed by atoms with Gasteiger partial charge in [-0.3, -0.25) is 39.3 Å². The maximum atomic E-state index is 13.5. The third kappa shape index (κ3) is 6.61. The lowest BCUT2D eigenvalue weighted by molar-refractivity contribution is -0.136.